The van der Waals surface area contributed by atoms with Crippen LogP contribution in [0.1, 0.15) is 37.3 Å². The van der Waals surface area contributed by atoms with Gasteiger partial charge in [0.15, 0.2) is 0 Å². The molecule has 3 nitrogen and oxygen atoms in total. The molecule has 1 aromatic rings. The Hall–Kier alpha value is -1.06. The Morgan fingerprint density at radius 1 is 1.26 bits per heavy atom. The smallest absolute Gasteiger partial charge is 0.122 e. The van der Waals surface area contributed by atoms with E-state index in [2.05, 4.69) is 44.0 Å². The second kappa shape index (κ2) is 8.18. The van der Waals surface area contributed by atoms with Crippen molar-refractivity contribution in [3.63, 3.8) is 0 Å². The third-order valence-corrected chi connectivity index (χ3v) is 3.40. The fourth-order valence-electron chi connectivity index (χ4n) is 2.16. The van der Waals surface area contributed by atoms with Gasteiger partial charge in [-0.25, -0.2) is 0 Å². The van der Waals surface area contributed by atoms with Gasteiger partial charge in [-0.05, 0) is 43.0 Å². The van der Waals surface area contributed by atoms with Crippen molar-refractivity contribution in [1.29, 1.82) is 0 Å². The number of aliphatic hydroxyl groups is 1. The highest BCUT2D eigenvalue weighted by Gasteiger charge is 2.08. The molecular weight excluding hydrogens is 238 g/mol. The lowest BCUT2D eigenvalue weighted by Crippen LogP contribution is -2.23. The molecule has 0 saturated carbocycles. The van der Waals surface area contributed by atoms with Gasteiger partial charge in [-0.3, -0.25) is 0 Å². The fraction of sp³-hybridized carbons (Fsp3) is 0.625. The van der Waals surface area contributed by atoms with Crippen molar-refractivity contribution in [2.45, 2.75) is 32.6 Å². The van der Waals surface area contributed by atoms with Gasteiger partial charge in [-0.15, -0.1) is 0 Å². The van der Waals surface area contributed by atoms with Crippen LogP contribution in [0.25, 0.3) is 0 Å². The highest BCUT2D eigenvalue weighted by molar-refractivity contribution is 5.39. The van der Waals surface area contributed by atoms with Gasteiger partial charge in [0.25, 0.3) is 0 Å². The summed E-state index contributed by atoms with van der Waals surface area (Å²) in [5.74, 6) is 1.45. The number of methoxy groups -OCH3 is 1. The first kappa shape index (κ1) is 16.0. The van der Waals surface area contributed by atoms with E-state index in [1.54, 1.807) is 7.11 Å². The lowest BCUT2D eigenvalue weighted by molar-refractivity contribution is 0.248. The zero-order valence-corrected chi connectivity index (χ0v) is 12.6. The summed E-state index contributed by atoms with van der Waals surface area (Å²) < 4.78 is 5.40. The molecular formula is C16H27NO2. The van der Waals surface area contributed by atoms with Crippen LogP contribution < -0.4 is 4.74 Å². The number of benzene rings is 1. The Balaban J connectivity index is 2.61. The zero-order valence-electron chi connectivity index (χ0n) is 12.6. The van der Waals surface area contributed by atoms with Crippen molar-refractivity contribution in [3.05, 3.63) is 29.3 Å². The number of rotatable bonds is 8. The van der Waals surface area contributed by atoms with Gasteiger partial charge in [0.1, 0.15) is 5.75 Å². The van der Waals surface area contributed by atoms with Gasteiger partial charge in [0.05, 0.1) is 7.11 Å². The molecule has 0 heterocycles. The molecule has 1 aromatic carbocycles. The maximum atomic E-state index is 8.81. The minimum absolute atomic E-state index is 0.268. The molecule has 0 amide bonds. The molecule has 0 unspecified atom stereocenters. The summed E-state index contributed by atoms with van der Waals surface area (Å²) >= 11 is 0. The van der Waals surface area contributed by atoms with E-state index < -0.39 is 0 Å². The maximum Gasteiger partial charge on any atom is 0.122 e. The molecule has 19 heavy (non-hydrogen) atoms. The van der Waals surface area contributed by atoms with Crippen molar-refractivity contribution in [2.75, 3.05) is 33.9 Å². The highest BCUT2D eigenvalue weighted by atomic mass is 16.5. The van der Waals surface area contributed by atoms with Gasteiger partial charge in [0, 0.05) is 19.7 Å². The summed E-state index contributed by atoms with van der Waals surface area (Å²) in [7, 11) is 3.83. The Labute approximate surface area is 117 Å². The van der Waals surface area contributed by atoms with E-state index in [0.717, 1.165) is 31.7 Å². The Morgan fingerprint density at radius 3 is 2.58 bits per heavy atom. The van der Waals surface area contributed by atoms with E-state index in [-0.39, 0.29) is 6.61 Å². The largest absolute Gasteiger partial charge is 0.496 e. The first-order chi connectivity index (χ1) is 9.08. The average molecular weight is 265 g/mol. The van der Waals surface area contributed by atoms with Gasteiger partial charge >= 0.3 is 0 Å². The molecule has 0 saturated heterocycles. The lowest BCUT2D eigenvalue weighted by Gasteiger charge is -2.17. The molecule has 3 heteroatoms. The predicted octanol–water partition coefficient (Wildman–Crippen LogP) is 2.68. The Kier molecular flexibility index (Phi) is 6.89. The summed E-state index contributed by atoms with van der Waals surface area (Å²) in [6, 6.07) is 6.46. The quantitative estimate of drug-likeness (QED) is 0.784. The van der Waals surface area contributed by atoms with Crippen LogP contribution in [-0.2, 0) is 6.42 Å². The minimum atomic E-state index is 0.268. The third kappa shape index (κ3) is 5.21. The molecule has 0 fully saturated rings. The van der Waals surface area contributed by atoms with E-state index >= 15 is 0 Å². The minimum Gasteiger partial charge on any atom is -0.496 e. The Morgan fingerprint density at radius 2 is 2.00 bits per heavy atom. The number of nitrogens with zero attached hydrogens (tertiary/aromatic N) is 1. The van der Waals surface area contributed by atoms with Crippen molar-refractivity contribution in [3.8, 4) is 5.75 Å². The summed E-state index contributed by atoms with van der Waals surface area (Å²) in [5, 5.41) is 8.81. The van der Waals surface area contributed by atoms with Crippen LogP contribution in [0.4, 0.5) is 0 Å². The van der Waals surface area contributed by atoms with Crippen molar-refractivity contribution >= 4 is 0 Å². The monoisotopic (exact) mass is 265 g/mol. The second-order valence-electron chi connectivity index (χ2n) is 5.36. The SMILES string of the molecule is COc1ccc(CCN(C)CCCO)cc1C(C)C. The third-order valence-electron chi connectivity index (χ3n) is 3.40. The summed E-state index contributed by atoms with van der Waals surface area (Å²) in [6.07, 6.45) is 1.88. The van der Waals surface area contributed by atoms with Crippen LogP contribution in [0, 0.1) is 0 Å². The zero-order chi connectivity index (χ0) is 14.3. The number of hydrogen-bond donors (Lipinski definition) is 1. The molecule has 0 bridgehead atoms. The van der Waals surface area contributed by atoms with Gasteiger partial charge in [-0.2, -0.15) is 0 Å². The lowest BCUT2D eigenvalue weighted by atomic mass is 9.98. The van der Waals surface area contributed by atoms with E-state index in [0.29, 0.717) is 5.92 Å². The number of aliphatic hydroxyl groups excluding tert-OH is 1. The van der Waals surface area contributed by atoms with Crippen molar-refractivity contribution in [1.82, 2.24) is 4.90 Å². The first-order valence-electron chi connectivity index (χ1n) is 7.04. The normalized spacial score (nSPS) is 11.3. The van der Waals surface area contributed by atoms with Crippen LogP contribution in [0.3, 0.4) is 0 Å². The Bertz CT molecular complexity index is 377. The van der Waals surface area contributed by atoms with Gasteiger partial charge in [-0.1, -0.05) is 26.0 Å². The fourth-order valence-corrected chi connectivity index (χ4v) is 2.16. The number of hydrogen-bond acceptors (Lipinski definition) is 3. The molecule has 0 aliphatic heterocycles. The molecule has 0 atom stereocenters. The maximum absolute atomic E-state index is 8.81. The molecule has 0 spiro atoms. The summed E-state index contributed by atoms with van der Waals surface area (Å²) in [4.78, 5) is 2.26. The molecule has 0 aliphatic carbocycles. The molecule has 1 N–H and O–H groups in total. The summed E-state index contributed by atoms with van der Waals surface area (Å²) in [5.41, 5.74) is 2.62. The van der Waals surface area contributed by atoms with Crippen LogP contribution in [0.2, 0.25) is 0 Å². The van der Waals surface area contributed by atoms with Crippen LogP contribution in [0.5, 0.6) is 5.75 Å². The molecule has 0 aliphatic rings. The standard InChI is InChI=1S/C16H27NO2/c1-13(2)15-12-14(6-7-16(15)19-4)8-10-17(3)9-5-11-18/h6-7,12-13,18H,5,8-11H2,1-4H3. The van der Waals surface area contributed by atoms with E-state index in [1.165, 1.54) is 11.1 Å². The number of ether oxygens (including phenoxy) is 1. The van der Waals surface area contributed by atoms with Crippen LogP contribution in [-0.4, -0.2) is 43.9 Å². The molecule has 0 radical (unpaired) electrons. The number of likely N-dealkylation sites (N-methyl/N-ethyl adjacent to an activating group) is 1. The van der Waals surface area contributed by atoms with Crippen LogP contribution in [0.15, 0.2) is 18.2 Å². The molecule has 0 aromatic heterocycles. The first-order valence-corrected chi connectivity index (χ1v) is 7.04. The van der Waals surface area contributed by atoms with E-state index in [1.807, 2.05) is 0 Å². The average Bonchev–Trinajstić information content (AvgIpc) is 2.42. The van der Waals surface area contributed by atoms with Gasteiger partial charge < -0.3 is 14.7 Å². The van der Waals surface area contributed by atoms with Crippen molar-refractivity contribution in [2.24, 2.45) is 0 Å². The van der Waals surface area contributed by atoms with Gasteiger partial charge in [0.2, 0.25) is 0 Å². The van der Waals surface area contributed by atoms with Crippen molar-refractivity contribution < 1.29 is 9.84 Å². The summed E-state index contributed by atoms with van der Waals surface area (Å²) in [6.45, 7) is 6.61. The topological polar surface area (TPSA) is 32.7 Å². The molecule has 108 valence electrons. The second-order valence-corrected chi connectivity index (χ2v) is 5.36. The van der Waals surface area contributed by atoms with Crippen LogP contribution >= 0.6 is 0 Å². The highest BCUT2D eigenvalue weighted by Crippen LogP contribution is 2.27. The predicted molar refractivity (Wildman–Crippen MR) is 80.0 cm³/mol. The van der Waals surface area contributed by atoms with E-state index in [9.17, 15) is 0 Å². The van der Waals surface area contributed by atoms with E-state index in [4.69, 9.17) is 9.84 Å². The molecule has 1 rings (SSSR count).